The SMILES string of the molecule is COc1ccccc1-n1cc([C@@H]2CC(=O)Nc3[nH]ncc32)cn1. The van der Waals surface area contributed by atoms with E-state index in [1.54, 1.807) is 24.2 Å². The maximum atomic E-state index is 11.9. The number of aromatic amines is 1. The van der Waals surface area contributed by atoms with Crippen molar-refractivity contribution in [2.75, 3.05) is 12.4 Å². The van der Waals surface area contributed by atoms with Gasteiger partial charge < -0.3 is 10.1 Å². The molecule has 2 N–H and O–H groups in total. The lowest BCUT2D eigenvalue weighted by Crippen LogP contribution is -2.22. The second-order valence-corrected chi connectivity index (χ2v) is 5.40. The number of hydrogen-bond acceptors (Lipinski definition) is 4. The molecule has 1 aromatic carbocycles. The van der Waals surface area contributed by atoms with Crippen molar-refractivity contribution in [3.63, 3.8) is 0 Å². The molecule has 0 unspecified atom stereocenters. The second-order valence-electron chi connectivity index (χ2n) is 5.40. The molecule has 23 heavy (non-hydrogen) atoms. The summed E-state index contributed by atoms with van der Waals surface area (Å²) < 4.78 is 7.14. The Labute approximate surface area is 132 Å². The van der Waals surface area contributed by atoms with Crippen molar-refractivity contribution in [2.45, 2.75) is 12.3 Å². The third-order valence-corrected chi connectivity index (χ3v) is 4.03. The second kappa shape index (κ2) is 5.28. The minimum Gasteiger partial charge on any atom is -0.494 e. The van der Waals surface area contributed by atoms with Crippen LogP contribution in [-0.4, -0.2) is 33.0 Å². The van der Waals surface area contributed by atoms with Crippen molar-refractivity contribution in [2.24, 2.45) is 0 Å². The number of benzene rings is 1. The number of hydrogen-bond donors (Lipinski definition) is 2. The molecular formula is C16H15N5O2. The molecule has 7 heteroatoms. The molecule has 7 nitrogen and oxygen atoms in total. The summed E-state index contributed by atoms with van der Waals surface area (Å²) in [5, 5.41) is 14.1. The lowest BCUT2D eigenvalue weighted by Gasteiger charge is -2.20. The quantitative estimate of drug-likeness (QED) is 0.775. The van der Waals surface area contributed by atoms with Crippen molar-refractivity contribution in [3.8, 4) is 11.4 Å². The van der Waals surface area contributed by atoms with Crippen LogP contribution < -0.4 is 10.1 Å². The Hall–Kier alpha value is -3.09. The summed E-state index contributed by atoms with van der Waals surface area (Å²) in [5.41, 5.74) is 2.80. The van der Waals surface area contributed by atoms with Gasteiger partial charge >= 0.3 is 0 Å². The molecule has 1 aliphatic rings. The summed E-state index contributed by atoms with van der Waals surface area (Å²) in [4.78, 5) is 11.9. The lowest BCUT2D eigenvalue weighted by molar-refractivity contribution is -0.116. The Balaban J connectivity index is 1.73. The van der Waals surface area contributed by atoms with Crippen molar-refractivity contribution < 1.29 is 9.53 Å². The number of methoxy groups -OCH3 is 1. The van der Waals surface area contributed by atoms with Crippen molar-refractivity contribution in [1.82, 2.24) is 20.0 Å². The van der Waals surface area contributed by atoms with Gasteiger partial charge in [-0.3, -0.25) is 9.89 Å². The van der Waals surface area contributed by atoms with Crippen LogP contribution in [0.5, 0.6) is 5.75 Å². The zero-order chi connectivity index (χ0) is 15.8. The molecule has 3 heterocycles. The van der Waals surface area contributed by atoms with E-state index in [9.17, 15) is 4.79 Å². The molecule has 0 spiro atoms. The van der Waals surface area contributed by atoms with Gasteiger partial charge in [0.05, 0.1) is 19.5 Å². The summed E-state index contributed by atoms with van der Waals surface area (Å²) in [6.45, 7) is 0. The van der Waals surface area contributed by atoms with Gasteiger partial charge in [0.25, 0.3) is 0 Å². The number of nitrogens with zero attached hydrogens (tertiary/aromatic N) is 3. The van der Waals surface area contributed by atoms with Gasteiger partial charge in [-0.15, -0.1) is 0 Å². The van der Waals surface area contributed by atoms with Gasteiger partial charge in [-0.2, -0.15) is 10.2 Å². The van der Waals surface area contributed by atoms with Gasteiger partial charge in [-0.05, 0) is 17.7 Å². The monoisotopic (exact) mass is 309 g/mol. The van der Waals surface area contributed by atoms with Crippen LogP contribution in [0.3, 0.4) is 0 Å². The number of amides is 1. The van der Waals surface area contributed by atoms with Crippen LogP contribution in [-0.2, 0) is 4.79 Å². The summed E-state index contributed by atoms with van der Waals surface area (Å²) >= 11 is 0. The number of rotatable bonds is 3. The molecule has 0 radical (unpaired) electrons. The number of para-hydroxylation sites is 2. The maximum Gasteiger partial charge on any atom is 0.226 e. The first-order chi connectivity index (χ1) is 11.3. The number of carbonyl (C=O) groups excluding carboxylic acids is 1. The molecule has 0 aliphatic carbocycles. The first-order valence-corrected chi connectivity index (χ1v) is 7.27. The van der Waals surface area contributed by atoms with E-state index in [1.807, 2.05) is 30.5 Å². The molecule has 3 aromatic rings. The van der Waals surface area contributed by atoms with E-state index < -0.39 is 0 Å². The fraction of sp³-hybridized carbons (Fsp3) is 0.188. The molecule has 2 aromatic heterocycles. The minimum absolute atomic E-state index is 0.0307. The highest BCUT2D eigenvalue weighted by molar-refractivity contribution is 5.94. The lowest BCUT2D eigenvalue weighted by atomic mass is 9.89. The first kappa shape index (κ1) is 13.6. The molecule has 0 saturated heterocycles. The Morgan fingerprint density at radius 3 is 3.04 bits per heavy atom. The predicted octanol–water partition coefficient (Wildman–Crippen LogP) is 2.08. The van der Waals surface area contributed by atoms with Gasteiger partial charge in [0.1, 0.15) is 17.3 Å². The van der Waals surface area contributed by atoms with E-state index in [-0.39, 0.29) is 11.8 Å². The first-order valence-electron chi connectivity index (χ1n) is 7.27. The van der Waals surface area contributed by atoms with E-state index in [2.05, 4.69) is 20.6 Å². The van der Waals surface area contributed by atoms with Crippen LogP contribution in [0.2, 0.25) is 0 Å². The summed E-state index contributed by atoms with van der Waals surface area (Å²) in [6.07, 6.45) is 5.84. The zero-order valence-corrected chi connectivity index (χ0v) is 12.5. The summed E-state index contributed by atoms with van der Waals surface area (Å²) in [6, 6.07) is 7.67. The number of H-pyrrole nitrogens is 1. The zero-order valence-electron chi connectivity index (χ0n) is 12.5. The van der Waals surface area contributed by atoms with Gasteiger partial charge in [-0.25, -0.2) is 4.68 Å². The third kappa shape index (κ3) is 2.26. The normalized spacial score (nSPS) is 16.7. The third-order valence-electron chi connectivity index (χ3n) is 4.03. The fourth-order valence-corrected chi connectivity index (χ4v) is 2.91. The number of aromatic nitrogens is 4. The molecule has 1 amide bonds. The van der Waals surface area contributed by atoms with E-state index in [0.717, 1.165) is 22.6 Å². The van der Waals surface area contributed by atoms with Crippen molar-refractivity contribution in [3.05, 3.63) is 54.0 Å². The number of anilines is 1. The van der Waals surface area contributed by atoms with Gasteiger partial charge in [0.2, 0.25) is 5.91 Å². The number of ether oxygens (including phenoxy) is 1. The van der Waals surface area contributed by atoms with Gasteiger partial charge in [-0.1, -0.05) is 12.1 Å². The van der Waals surface area contributed by atoms with E-state index in [4.69, 9.17) is 4.74 Å². The summed E-state index contributed by atoms with van der Waals surface area (Å²) in [5.74, 6) is 1.32. The predicted molar refractivity (Wildman–Crippen MR) is 83.8 cm³/mol. The summed E-state index contributed by atoms with van der Waals surface area (Å²) in [7, 11) is 1.63. The number of fused-ring (bicyclic) bond motifs is 1. The molecule has 0 saturated carbocycles. The maximum absolute atomic E-state index is 11.9. The molecule has 116 valence electrons. The Morgan fingerprint density at radius 2 is 2.17 bits per heavy atom. The smallest absolute Gasteiger partial charge is 0.226 e. The highest BCUT2D eigenvalue weighted by Gasteiger charge is 2.29. The molecule has 4 rings (SSSR count). The van der Waals surface area contributed by atoms with Crippen LogP contribution in [0.1, 0.15) is 23.5 Å². The van der Waals surface area contributed by atoms with Gasteiger partial charge in [0.15, 0.2) is 0 Å². The van der Waals surface area contributed by atoms with Crippen LogP contribution in [0.15, 0.2) is 42.9 Å². The number of carbonyl (C=O) groups is 1. The fourth-order valence-electron chi connectivity index (χ4n) is 2.91. The van der Waals surface area contributed by atoms with Crippen molar-refractivity contribution in [1.29, 1.82) is 0 Å². The van der Waals surface area contributed by atoms with Crippen molar-refractivity contribution >= 4 is 11.7 Å². The van der Waals surface area contributed by atoms with E-state index >= 15 is 0 Å². The van der Waals surface area contributed by atoms with Crippen LogP contribution in [0.25, 0.3) is 5.69 Å². The molecule has 1 atom stereocenters. The highest BCUT2D eigenvalue weighted by Crippen LogP contribution is 2.36. The van der Waals surface area contributed by atoms with E-state index in [1.165, 1.54) is 0 Å². The average molecular weight is 309 g/mol. The Morgan fingerprint density at radius 1 is 1.30 bits per heavy atom. The highest BCUT2D eigenvalue weighted by atomic mass is 16.5. The largest absolute Gasteiger partial charge is 0.494 e. The molecule has 1 aliphatic heterocycles. The standard InChI is InChI=1S/C16H15N5O2/c1-23-14-5-3-2-4-13(14)21-9-10(7-18-21)11-6-15(22)19-16-12(11)8-17-20-16/h2-5,7-9,11H,6H2,1H3,(H2,17,19,20,22)/t11-/m0/s1. The molecule has 0 fully saturated rings. The van der Waals surface area contributed by atoms with Crippen LogP contribution in [0.4, 0.5) is 5.82 Å². The minimum atomic E-state index is -0.0547. The Bertz CT molecular complexity index is 867. The van der Waals surface area contributed by atoms with Crippen LogP contribution in [0, 0.1) is 0 Å². The Kier molecular flexibility index (Phi) is 3.11. The van der Waals surface area contributed by atoms with Gasteiger partial charge in [0, 0.05) is 24.1 Å². The topological polar surface area (TPSA) is 84.8 Å². The van der Waals surface area contributed by atoms with E-state index in [0.29, 0.717) is 12.2 Å². The van der Waals surface area contributed by atoms with Crippen LogP contribution >= 0.6 is 0 Å². The molecular weight excluding hydrogens is 294 g/mol. The number of nitrogens with one attached hydrogen (secondary N) is 2. The molecule has 0 bridgehead atoms. The average Bonchev–Trinajstić information content (AvgIpc) is 3.23.